The number of methoxy groups -OCH3 is 1. The van der Waals surface area contributed by atoms with E-state index in [1.165, 1.54) is 0 Å². The molecule has 10 heavy (non-hydrogen) atoms. The summed E-state index contributed by atoms with van der Waals surface area (Å²) in [6, 6.07) is 1.67. The number of hydrogen-bond donors (Lipinski definition) is 1. The van der Waals surface area contributed by atoms with E-state index in [9.17, 15) is 0 Å². The van der Waals surface area contributed by atoms with Gasteiger partial charge in [0.05, 0.1) is 7.11 Å². The number of halogens is 1. The first-order chi connectivity index (χ1) is 4.24. The SMILES string of the molecule is COc1cc(N)nn1C.Cl. The summed E-state index contributed by atoms with van der Waals surface area (Å²) >= 11 is 0. The Morgan fingerprint density at radius 1 is 1.70 bits per heavy atom. The molecule has 1 heterocycles. The molecule has 1 aromatic heterocycles. The Hall–Kier alpha value is -0.900. The van der Waals surface area contributed by atoms with E-state index in [0.717, 1.165) is 0 Å². The van der Waals surface area contributed by atoms with Gasteiger partial charge in [0, 0.05) is 13.1 Å². The fourth-order valence-corrected chi connectivity index (χ4v) is 0.662. The van der Waals surface area contributed by atoms with E-state index in [-0.39, 0.29) is 12.4 Å². The minimum atomic E-state index is 0. The van der Waals surface area contributed by atoms with Crippen LogP contribution in [0.2, 0.25) is 0 Å². The van der Waals surface area contributed by atoms with Crippen molar-refractivity contribution in [1.82, 2.24) is 9.78 Å². The maximum Gasteiger partial charge on any atom is 0.213 e. The third kappa shape index (κ3) is 1.54. The number of anilines is 1. The number of aryl methyl sites for hydroxylation is 1. The molecule has 5 heteroatoms. The van der Waals surface area contributed by atoms with Crippen LogP contribution in [0.3, 0.4) is 0 Å². The van der Waals surface area contributed by atoms with Crippen LogP contribution in [0, 0.1) is 0 Å². The second kappa shape index (κ2) is 3.31. The summed E-state index contributed by atoms with van der Waals surface area (Å²) in [4.78, 5) is 0. The van der Waals surface area contributed by atoms with E-state index in [0.29, 0.717) is 11.7 Å². The topological polar surface area (TPSA) is 53.1 Å². The van der Waals surface area contributed by atoms with Crippen LogP contribution in [0.5, 0.6) is 5.88 Å². The van der Waals surface area contributed by atoms with E-state index in [2.05, 4.69) is 5.10 Å². The van der Waals surface area contributed by atoms with Gasteiger partial charge in [-0.15, -0.1) is 12.4 Å². The predicted octanol–water partition coefficient (Wildman–Crippen LogP) is 0.433. The van der Waals surface area contributed by atoms with E-state index in [1.807, 2.05) is 0 Å². The zero-order valence-corrected chi connectivity index (χ0v) is 6.68. The predicted molar refractivity (Wildman–Crippen MR) is 41.4 cm³/mol. The summed E-state index contributed by atoms with van der Waals surface area (Å²) < 4.78 is 6.46. The lowest BCUT2D eigenvalue weighted by molar-refractivity contribution is 0.373. The van der Waals surface area contributed by atoms with E-state index in [1.54, 1.807) is 24.9 Å². The number of hydrogen-bond acceptors (Lipinski definition) is 3. The van der Waals surface area contributed by atoms with Crippen molar-refractivity contribution in [3.8, 4) is 5.88 Å². The Bertz CT molecular complexity index is 211. The number of nitrogen functional groups attached to an aromatic ring is 1. The number of nitrogens with two attached hydrogens (primary N) is 1. The van der Waals surface area contributed by atoms with Gasteiger partial charge in [0.2, 0.25) is 5.88 Å². The number of ether oxygens (including phenoxy) is 1. The van der Waals surface area contributed by atoms with Gasteiger partial charge in [-0.2, -0.15) is 5.10 Å². The second-order valence-electron chi connectivity index (χ2n) is 1.74. The standard InChI is InChI=1S/C5H9N3O.ClH/c1-8-5(9-2)3-4(6)7-8;/h3H,1-2H3,(H2,6,7);1H. The van der Waals surface area contributed by atoms with Gasteiger partial charge < -0.3 is 10.5 Å². The van der Waals surface area contributed by atoms with Gasteiger partial charge in [-0.3, -0.25) is 0 Å². The highest BCUT2D eigenvalue weighted by atomic mass is 35.5. The van der Waals surface area contributed by atoms with Crippen LogP contribution >= 0.6 is 12.4 Å². The summed E-state index contributed by atoms with van der Waals surface area (Å²) in [6.45, 7) is 0. The summed E-state index contributed by atoms with van der Waals surface area (Å²) in [6.07, 6.45) is 0. The molecule has 0 fully saturated rings. The molecule has 0 aliphatic rings. The van der Waals surface area contributed by atoms with Crippen LogP contribution in [0.4, 0.5) is 5.82 Å². The first-order valence-electron chi connectivity index (χ1n) is 2.57. The molecule has 0 bridgehead atoms. The van der Waals surface area contributed by atoms with Crippen molar-refractivity contribution in [2.45, 2.75) is 0 Å². The lowest BCUT2D eigenvalue weighted by Gasteiger charge is -1.95. The molecule has 1 rings (SSSR count). The zero-order chi connectivity index (χ0) is 6.85. The van der Waals surface area contributed by atoms with E-state index >= 15 is 0 Å². The Morgan fingerprint density at radius 3 is 2.50 bits per heavy atom. The lowest BCUT2D eigenvalue weighted by atomic mass is 10.6. The maximum absolute atomic E-state index is 5.34. The van der Waals surface area contributed by atoms with Crippen LogP contribution in [-0.4, -0.2) is 16.9 Å². The Kier molecular flexibility index (Phi) is 3.02. The first kappa shape index (κ1) is 9.10. The first-order valence-corrected chi connectivity index (χ1v) is 2.57. The quantitative estimate of drug-likeness (QED) is 0.654. The van der Waals surface area contributed by atoms with Crippen LogP contribution in [0.25, 0.3) is 0 Å². The van der Waals surface area contributed by atoms with Gasteiger partial charge in [-0.1, -0.05) is 0 Å². The van der Waals surface area contributed by atoms with Gasteiger partial charge in [0.15, 0.2) is 0 Å². The van der Waals surface area contributed by atoms with Gasteiger partial charge in [0.25, 0.3) is 0 Å². The van der Waals surface area contributed by atoms with Crippen molar-refractivity contribution in [3.05, 3.63) is 6.07 Å². The summed E-state index contributed by atoms with van der Waals surface area (Å²) in [5.74, 6) is 1.15. The smallest absolute Gasteiger partial charge is 0.213 e. The Balaban J connectivity index is 0.000000810. The minimum Gasteiger partial charge on any atom is -0.481 e. The molecule has 58 valence electrons. The van der Waals surface area contributed by atoms with Crippen LogP contribution in [0.15, 0.2) is 6.07 Å². The van der Waals surface area contributed by atoms with Crippen molar-refractivity contribution in [3.63, 3.8) is 0 Å². The van der Waals surface area contributed by atoms with E-state index in [4.69, 9.17) is 10.5 Å². The van der Waals surface area contributed by atoms with E-state index < -0.39 is 0 Å². The van der Waals surface area contributed by atoms with Crippen molar-refractivity contribution in [2.75, 3.05) is 12.8 Å². The average Bonchev–Trinajstić information content (AvgIpc) is 2.10. The summed E-state index contributed by atoms with van der Waals surface area (Å²) in [5.41, 5.74) is 5.34. The van der Waals surface area contributed by atoms with Crippen molar-refractivity contribution < 1.29 is 4.74 Å². The van der Waals surface area contributed by atoms with Crippen molar-refractivity contribution in [2.24, 2.45) is 7.05 Å². The largest absolute Gasteiger partial charge is 0.481 e. The molecular weight excluding hydrogens is 154 g/mol. The number of nitrogens with zero attached hydrogens (tertiary/aromatic N) is 2. The fourth-order valence-electron chi connectivity index (χ4n) is 0.662. The molecule has 2 N–H and O–H groups in total. The molecule has 1 aromatic rings. The minimum absolute atomic E-state index is 0. The van der Waals surface area contributed by atoms with Gasteiger partial charge in [-0.25, -0.2) is 4.68 Å². The Labute approximate surface area is 65.4 Å². The lowest BCUT2D eigenvalue weighted by Crippen LogP contribution is -1.95. The monoisotopic (exact) mass is 163 g/mol. The highest BCUT2D eigenvalue weighted by molar-refractivity contribution is 5.85. The molecule has 0 aliphatic heterocycles. The fraction of sp³-hybridized carbons (Fsp3) is 0.400. The summed E-state index contributed by atoms with van der Waals surface area (Å²) in [7, 11) is 3.35. The molecule has 0 saturated carbocycles. The molecule has 4 nitrogen and oxygen atoms in total. The van der Waals surface area contributed by atoms with Crippen LogP contribution in [0.1, 0.15) is 0 Å². The maximum atomic E-state index is 5.34. The molecule has 0 amide bonds. The Morgan fingerprint density at radius 2 is 2.30 bits per heavy atom. The number of rotatable bonds is 1. The van der Waals surface area contributed by atoms with Gasteiger partial charge >= 0.3 is 0 Å². The molecule has 0 radical (unpaired) electrons. The third-order valence-corrected chi connectivity index (χ3v) is 1.06. The van der Waals surface area contributed by atoms with Gasteiger partial charge in [0.1, 0.15) is 5.82 Å². The number of aromatic nitrogens is 2. The molecule has 0 saturated heterocycles. The third-order valence-electron chi connectivity index (χ3n) is 1.06. The van der Waals surface area contributed by atoms with Crippen molar-refractivity contribution in [1.29, 1.82) is 0 Å². The van der Waals surface area contributed by atoms with Crippen LogP contribution in [-0.2, 0) is 7.05 Å². The van der Waals surface area contributed by atoms with Crippen molar-refractivity contribution >= 4 is 18.2 Å². The average molecular weight is 164 g/mol. The molecule has 0 unspecified atom stereocenters. The molecule has 0 aromatic carbocycles. The summed E-state index contributed by atoms with van der Waals surface area (Å²) in [5, 5.41) is 3.85. The normalized spacial score (nSPS) is 8.60. The highest BCUT2D eigenvalue weighted by Gasteiger charge is 1.98. The van der Waals surface area contributed by atoms with Gasteiger partial charge in [-0.05, 0) is 0 Å². The molecular formula is C5H10ClN3O. The van der Waals surface area contributed by atoms with Crippen LogP contribution < -0.4 is 10.5 Å². The molecule has 0 atom stereocenters. The zero-order valence-electron chi connectivity index (χ0n) is 5.87. The molecule has 0 spiro atoms. The molecule has 0 aliphatic carbocycles. The highest BCUT2D eigenvalue weighted by Crippen LogP contribution is 2.10. The second-order valence-corrected chi connectivity index (χ2v) is 1.74.